The normalized spacial score (nSPS) is 16.6. The molecule has 1 heterocycles. The first kappa shape index (κ1) is 15.4. The van der Waals surface area contributed by atoms with Gasteiger partial charge in [0.25, 0.3) is 0 Å². The van der Waals surface area contributed by atoms with Crippen LogP contribution < -0.4 is 10.5 Å². The number of nitrogens with zero attached hydrogens (tertiary/aromatic N) is 1. The molecule has 1 fully saturated rings. The Labute approximate surface area is 119 Å². The summed E-state index contributed by atoms with van der Waals surface area (Å²) in [4.78, 5) is 4.12. The van der Waals surface area contributed by atoms with E-state index in [0.717, 1.165) is 12.8 Å². The quantitative estimate of drug-likeness (QED) is 0.726. The Morgan fingerprint density at radius 1 is 1.40 bits per heavy atom. The first-order valence-corrected chi connectivity index (χ1v) is 8.37. The van der Waals surface area contributed by atoms with Crippen molar-refractivity contribution < 1.29 is 13.2 Å². The molecule has 0 atom stereocenters. The standard InChI is InChI=1S/C13H21N3O3S/c14-10-12-13(6-3-7-15-12)20(17,18)16-8-9-19-11-4-1-2-5-11/h3,6-7,11,16H,1-2,4-5,8-10,14H2. The lowest BCUT2D eigenvalue weighted by Gasteiger charge is -2.12. The molecule has 7 heteroatoms. The van der Waals surface area contributed by atoms with Crippen molar-refractivity contribution in [1.82, 2.24) is 9.71 Å². The van der Waals surface area contributed by atoms with Crippen LogP contribution in [-0.4, -0.2) is 32.7 Å². The predicted octanol–water partition coefficient (Wildman–Crippen LogP) is 0.778. The largest absolute Gasteiger partial charge is 0.377 e. The fourth-order valence-corrected chi connectivity index (χ4v) is 3.57. The molecule has 1 aliphatic rings. The third-order valence-electron chi connectivity index (χ3n) is 3.38. The van der Waals surface area contributed by atoms with E-state index >= 15 is 0 Å². The van der Waals surface area contributed by atoms with Crippen molar-refractivity contribution in [2.24, 2.45) is 5.73 Å². The number of aromatic nitrogens is 1. The van der Waals surface area contributed by atoms with Gasteiger partial charge < -0.3 is 10.5 Å². The summed E-state index contributed by atoms with van der Waals surface area (Å²) in [6, 6.07) is 3.10. The van der Waals surface area contributed by atoms with Gasteiger partial charge in [-0.3, -0.25) is 4.98 Å². The molecule has 1 aromatic heterocycles. The van der Waals surface area contributed by atoms with E-state index in [9.17, 15) is 8.42 Å². The number of sulfonamides is 1. The average molecular weight is 299 g/mol. The molecule has 3 N–H and O–H groups in total. The maximum Gasteiger partial charge on any atom is 0.242 e. The summed E-state index contributed by atoms with van der Waals surface area (Å²) in [5.74, 6) is 0. The van der Waals surface area contributed by atoms with Crippen LogP contribution in [0, 0.1) is 0 Å². The lowest BCUT2D eigenvalue weighted by Crippen LogP contribution is -2.29. The number of ether oxygens (including phenoxy) is 1. The third kappa shape index (κ3) is 3.99. The fourth-order valence-electron chi connectivity index (χ4n) is 2.36. The van der Waals surface area contributed by atoms with Crippen LogP contribution in [0.4, 0.5) is 0 Å². The molecule has 0 unspecified atom stereocenters. The maximum absolute atomic E-state index is 12.1. The lowest BCUT2D eigenvalue weighted by atomic mass is 10.3. The van der Waals surface area contributed by atoms with Gasteiger partial charge in [-0.15, -0.1) is 0 Å². The monoisotopic (exact) mass is 299 g/mol. The van der Waals surface area contributed by atoms with E-state index in [4.69, 9.17) is 10.5 Å². The van der Waals surface area contributed by atoms with E-state index < -0.39 is 10.0 Å². The minimum Gasteiger partial charge on any atom is -0.377 e. The molecule has 112 valence electrons. The van der Waals surface area contributed by atoms with Crippen molar-refractivity contribution in [1.29, 1.82) is 0 Å². The van der Waals surface area contributed by atoms with Crippen LogP contribution in [0.1, 0.15) is 31.4 Å². The topological polar surface area (TPSA) is 94.3 Å². The maximum atomic E-state index is 12.1. The number of hydrogen-bond acceptors (Lipinski definition) is 5. The first-order valence-electron chi connectivity index (χ1n) is 6.88. The highest BCUT2D eigenvalue weighted by Gasteiger charge is 2.19. The molecule has 1 saturated carbocycles. The molecular weight excluding hydrogens is 278 g/mol. The second-order valence-electron chi connectivity index (χ2n) is 4.83. The lowest BCUT2D eigenvalue weighted by molar-refractivity contribution is 0.0626. The summed E-state index contributed by atoms with van der Waals surface area (Å²) >= 11 is 0. The molecule has 20 heavy (non-hydrogen) atoms. The second-order valence-corrected chi connectivity index (χ2v) is 6.56. The van der Waals surface area contributed by atoms with Crippen LogP contribution in [0.25, 0.3) is 0 Å². The average Bonchev–Trinajstić information content (AvgIpc) is 2.97. The summed E-state index contributed by atoms with van der Waals surface area (Å²) in [7, 11) is -3.57. The van der Waals surface area contributed by atoms with Crippen LogP contribution in [0.3, 0.4) is 0 Å². The van der Waals surface area contributed by atoms with Crippen LogP contribution in [0.15, 0.2) is 23.2 Å². The van der Waals surface area contributed by atoms with Crippen molar-refractivity contribution >= 4 is 10.0 Å². The van der Waals surface area contributed by atoms with E-state index in [-0.39, 0.29) is 24.1 Å². The van der Waals surface area contributed by atoms with E-state index in [1.54, 1.807) is 6.07 Å². The predicted molar refractivity (Wildman–Crippen MR) is 75.5 cm³/mol. The summed E-state index contributed by atoms with van der Waals surface area (Å²) < 4.78 is 32.4. The smallest absolute Gasteiger partial charge is 0.242 e. The van der Waals surface area contributed by atoms with Crippen LogP contribution >= 0.6 is 0 Å². The van der Waals surface area contributed by atoms with Crippen molar-refractivity contribution in [3.05, 3.63) is 24.0 Å². The zero-order valence-corrected chi connectivity index (χ0v) is 12.2. The van der Waals surface area contributed by atoms with Gasteiger partial charge in [-0.25, -0.2) is 13.1 Å². The number of nitrogens with two attached hydrogens (primary N) is 1. The molecule has 0 aliphatic heterocycles. The third-order valence-corrected chi connectivity index (χ3v) is 4.92. The van der Waals surface area contributed by atoms with Gasteiger partial charge in [0.2, 0.25) is 10.0 Å². The molecule has 6 nitrogen and oxygen atoms in total. The van der Waals surface area contributed by atoms with Crippen LogP contribution in [0.5, 0.6) is 0 Å². The molecule has 1 aliphatic carbocycles. The number of hydrogen-bond donors (Lipinski definition) is 2. The second kappa shape index (κ2) is 7.12. The SMILES string of the molecule is NCc1ncccc1S(=O)(=O)NCCOC1CCCC1. The Morgan fingerprint density at radius 3 is 2.85 bits per heavy atom. The molecular formula is C13H21N3O3S. The molecule has 2 rings (SSSR count). The van der Waals surface area contributed by atoms with Gasteiger partial charge >= 0.3 is 0 Å². The molecule has 0 saturated heterocycles. The Morgan fingerprint density at radius 2 is 2.15 bits per heavy atom. The van der Waals surface area contributed by atoms with Gasteiger partial charge in [-0.05, 0) is 25.0 Å². The van der Waals surface area contributed by atoms with Gasteiger partial charge in [0.1, 0.15) is 4.90 Å². The van der Waals surface area contributed by atoms with E-state index in [1.165, 1.54) is 25.1 Å². The molecule has 1 aromatic rings. The van der Waals surface area contributed by atoms with Crippen molar-refractivity contribution in [3.63, 3.8) is 0 Å². The minimum absolute atomic E-state index is 0.0929. The highest BCUT2D eigenvalue weighted by molar-refractivity contribution is 7.89. The Bertz CT molecular complexity index is 527. The summed E-state index contributed by atoms with van der Waals surface area (Å²) in [6.45, 7) is 0.746. The van der Waals surface area contributed by atoms with Crippen LogP contribution in [-0.2, 0) is 21.3 Å². The molecule has 0 radical (unpaired) electrons. The fraction of sp³-hybridized carbons (Fsp3) is 0.615. The van der Waals surface area contributed by atoms with Gasteiger partial charge in [0.15, 0.2) is 0 Å². The van der Waals surface area contributed by atoms with E-state index in [1.807, 2.05) is 0 Å². The van der Waals surface area contributed by atoms with Gasteiger partial charge in [0, 0.05) is 19.3 Å². The number of pyridine rings is 1. The Kier molecular flexibility index (Phi) is 5.47. The van der Waals surface area contributed by atoms with Crippen molar-refractivity contribution in [3.8, 4) is 0 Å². The summed E-state index contributed by atoms with van der Waals surface area (Å²) in [5, 5.41) is 0. The van der Waals surface area contributed by atoms with Gasteiger partial charge in [-0.1, -0.05) is 12.8 Å². The molecule has 0 spiro atoms. The zero-order valence-electron chi connectivity index (χ0n) is 11.4. The van der Waals surface area contributed by atoms with E-state index in [2.05, 4.69) is 9.71 Å². The minimum atomic E-state index is -3.57. The van der Waals surface area contributed by atoms with Crippen molar-refractivity contribution in [2.45, 2.75) is 43.2 Å². The zero-order chi connectivity index (χ0) is 14.4. The first-order chi connectivity index (χ1) is 9.63. The highest BCUT2D eigenvalue weighted by atomic mass is 32.2. The van der Waals surface area contributed by atoms with Gasteiger partial charge in [-0.2, -0.15) is 0 Å². The summed E-state index contributed by atoms with van der Waals surface area (Å²) in [6.07, 6.45) is 6.37. The Hall–Kier alpha value is -1.02. The van der Waals surface area contributed by atoms with E-state index in [0.29, 0.717) is 12.3 Å². The molecule has 0 aromatic carbocycles. The van der Waals surface area contributed by atoms with Crippen molar-refractivity contribution in [2.75, 3.05) is 13.2 Å². The highest BCUT2D eigenvalue weighted by Crippen LogP contribution is 2.20. The summed E-state index contributed by atoms with van der Waals surface area (Å²) in [5.41, 5.74) is 5.88. The number of rotatable bonds is 7. The molecule has 0 bridgehead atoms. The van der Waals surface area contributed by atoms with Gasteiger partial charge in [0.05, 0.1) is 18.4 Å². The van der Waals surface area contributed by atoms with Crippen LogP contribution in [0.2, 0.25) is 0 Å². The Balaban J connectivity index is 1.87. The number of nitrogens with one attached hydrogen (secondary N) is 1. The molecule has 0 amide bonds.